The molecule has 0 aliphatic heterocycles. The van der Waals surface area contributed by atoms with Crippen LogP contribution in [0.15, 0.2) is 53.3 Å². The fourth-order valence-corrected chi connectivity index (χ4v) is 3.25. The Balaban J connectivity index is 1.61. The molecule has 28 heavy (non-hydrogen) atoms. The Bertz CT molecular complexity index is 1010. The van der Waals surface area contributed by atoms with Gasteiger partial charge < -0.3 is 9.42 Å². The zero-order chi connectivity index (χ0) is 19.6. The molecule has 12 heteroatoms. The van der Waals surface area contributed by atoms with E-state index in [1.54, 1.807) is 53.7 Å². The SMILES string of the molecule is FC(F)(F)c1nc(-c2ccc(CN(c3cccnn3)c3cccnn3)s2)no1. The summed E-state index contributed by atoms with van der Waals surface area (Å²) in [6.07, 6.45) is -1.58. The Kier molecular flexibility index (Phi) is 4.69. The molecule has 0 atom stereocenters. The van der Waals surface area contributed by atoms with Crippen LogP contribution in [-0.4, -0.2) is 30.5 Å². The Labute approximate surface area is 159 Å². The van der Waals surface area contributed by atoms with Crippen LogP contribution in [0.5, 0.6) is 0 Å². The lowest BCUT2D eigenvalue weighted by molar-refractivity contribution is -0.159. The number of rotatable bonds is 5. The molecular formula is C16H10F3N7OS. The van der Waals surface area contributed by atoms with Gasteiger partial charge in [0.25, 0.3) is 0 Å². The number of halogens is 3. The van der Waals surface area contributed by atoms with Crippen LogP contribution in [0.25, 0.3) is 10.7 Å². The maximum atomic E-state index is 12.6. The molecule has 0 bridgehead atoms. The average Bonchev–Trinajstić information content (AvgIpc) is 3.37. The first-order valence-electron chi connectivity index (χ1n) is 7.83. The minimum atomic E-state index is -4.68. The molecule has 0 spiro atoms. The third-order valence-electron chi connectivity index (χ3n) is 3.53. The first-order chi connectivity index (χ1) is 13.5. The summed E-state index contributed by atoms with van der Waals surface area (Å²) < 4.78 is 42.2. The maximum Gasteiger partial charge on any atom is 0.471 e. The number of nitrogens with zero attached hydrogens (tertiary/aromatic N) is 7. The first kappa shape index (κ1) is 18.0. The molecule has 4 heterocycles. The van der Waals surface area contributed by atoms with E-state index in [9.17, 15) is 13.2 Å². The molecule has 0 aromatic carbocycles. The number of alkyl halides is 3. The van der Waals surface area contributed by atoms with Gasteiger partial charge in [-0.15, -0.1) is 21.5 Å². The van der Waals surface area contributed by atoms with Gasteiger partial charge >= 0.3 is 12.1 Å². The van der Waals surface area contributed by atoms with Crippen LogP contribution in [0.4, 0.5) is 24.8 Å². The van der Waals surface area contributed by atoms with Crippen molar-refractivity contribution in [3.63, 3.8) is 0 Å². The molecule has 8 nitrogen and oxygen atoms in total. The van der Waals surface area contributed by atoms with Gasteiger partial charge in [0.1, 0.15) is 0 Å². The topological polar surface area (TPSA) is 93.7 Å². The summed E-state index contributed by atoms with van der Waals surface area (Å²) in [4.78, 5) is 6.47. The lowest BCUT2D eigenvalue weighted by Crippen LogP contribution is -2.18. The lowest BCUT2D eigenvalue weighted by atomic mass is 10.3. The molecule has 0 saturated carbocycles. The van der Waals surface area contributed by atoms with Crippen molar-refractivity contribution >= 4 is 23.0 Å². The van der Waals surface area contributed by atoms with Gasteiger partial charge in [0.05, 0.1) is 11.4 Å². The van der Waals surface area contributed by atoms with E-state index in [0.717, 1.165) is 4.88 Å². The molecule has 4 aromatic rings. The second-order valence-electron chi connectivity index (χ2n) is 5.44. The van der Waals surface area contributed by atoms with Crippen molar-refractivity contribution in [2.24, 2.45) is 0 Å². The smallest absolute Gasteiger partial charge is 0.329 e. The first-order valence-corrected chi connectivity index (χ1v) is 8.65. The van der Waals surface area contributed by atoms with E-state index in [1.807, 2.05) is 0 Å². The van der Waals surface area contributed by atoms with E-state index in [2.05, 4.69) is 35.1 Å². The predicted molar refractivity (Wildman–Crippen MR) is 92.5 cm³/mol. The Morgan fingerprint density at radius 2 is 1.64 bits per heavy atom. The number of hydrogen-bond acceptors (Lipinski definition) is 9. The quantitative estimate of drug-likeness (QED) is 0.496. The zero-order valence-electron chi connectivity index (χ0n) is 13.9. The van der Waals surface area contributed by atoms with Crippen molar-refractivity contribution in [1.29, 1.82) is 0 Å². The Morgan fingerprint density at radius 3 is 2.18 bits per heavy atom. The normalized spacial score (nSPS) is 11.5. The van der Waals surface area contributed by atoms with Crippen LogP contribution < -0.4 is 4.90 Å². The molecule has 0 aliphatic rings. The molecule has 0 saturated heterocycles. The number of anilines is 2. The second kappa shape index (κ2) is 7.31. The monoisotopic (exact) mass is 405 g/mol. The van der Waals surface area contributed by atoms with Crippen molar-refractivity contribution < 1.29 is 17.7 Å². The Hall–Kier alpha value is -3.41. The minimum absolute atomic E-state index is 0.117. The van der Waals surface area contributed by atoms with E-state index in [4.69, 9.17) is 0 Å². The second-order valence-corrected chi connectivity index (χ2v) is 6.61. The van der Waals surface area contributed by atoms with Crippen LogP contribution >= 0.6 is 11.3 Å². The van der Waals surface area contributed by atoms with Gasteiger partial charge in [-0.3, -0.25) is 0 Å². The molecule has 0 radical (unpaired) electrons. The van der Waals surface area contributed by atoms with E-state index in [0.29, 0.717) is 23.1 Å². The number of aromatic nitrogens is 6. The van der Waals surface area contributed by atoms with E-state index in [-0.39, 0.29) is 5.82 Å². The van der Waals surface area contributed by atoms with Crippen LogP contribution in [0.1, 0.15) is 10.8 Å². The highest BCUT2D eigenvalue weighted by Gasteiger charge is 2.38. The van der Waals surface area contributed by atoms with E-state index in [1.165, 1.54) is 11.3 Å². The van der Waals surface area contributed by atoms with Gasteiger partial charge in [-0.1, -0.05) is 5.16 Å². The molecule has 0 unspecified atom stereocenters. The van der Waals surface area contributed by atoms with Gasteiger partial charge in [0.15, 0.2) is 11.6 Å². The summed E-state index contributed by atoms with van der Waals surface area (Å²) in [6.45, 7) is 0.353. The summed E-state index contributed by atoms with van der Waals surface area (Å²) >= 11 is 1.24. The fourth-order valence-electron chi connectivity index (χ4n) is 2.33. The Morgan fingerprint density at radius 1 is 0.964 bits per heavy atom. The van der Waals surface area contributed by atoms with Gasteiger partial charge in [-0.05, 0) is 36.4 Å². The summed E-state index contributed by atoms with van der Waals surface area (Å²) in [7, 11) is 0. The highest BCUT2D eigenvalue weighted by Crippen LogP contribution is 2.33. The average molecular weight is 405 g/mol. The summed E-state index contributed by atoms with van der Waals surface area (Å²) in [6, 6.07) is 10.4. The molecule has 0 fully saturated rings. The van der Waals surface area contributed by atoms with E-state index < -0.39 is 12.1 Å². The van der Waals surface area contributed by atoms with Crippen molar-refractivity contribution in [1.82, 2.24) is 30.5 Å². The molecule has 142 valence electrons. The molecule has 0 amide bonds. The van der Waals surface area contributed by atoms with Gasteiger partial charge in [-0.2, -0.15) is 28.4 Å². The molecule has 4 aromatic heterocycles. The zero-order valence-corrected chi connectivity index (χ0v) is 14.7. The largest absolute Gasteiger partial charge is 0.471 e. The molecule has 4 rings (SSSR count). The van der Waals surface area contributed by atoms with Crippen molar-refractivity contribution in [2.45, 2.75) is 12.7 Å². The lowest BCUT2D eigenvalue weighted by Gasteiger charge is -2.20. The highest BCUT2D eigenvalue weighted by molar-refractivity contribution is 7.15. The minimum Gasteiger partial charge on any atom is -0.329 e. The molecule has 0 aliphatic carbocycles. The van der Waals surface area contributed by atoms with Crippen LogP contribution in [0.2, 0.25) is 0 Å². The van der Waals surface area contributed by atoms with Crippen molar-refractivity contribution in [2.75, 3.05) is 4.90 Å². The van der Waals surface area contributed by atoms with Gasteiger partial charge in [0.2, 0.25) is 5.82 Å². The van der Waals surface area contributed by atoms with Crippen molar-refractivity contribution in [3.05, 3.63) is 59.6 Å². The summed E-state index contributed by atoms with van der Waals surface area (Å²) in [5.41, 5.74) is 0. The fraction of sp³-hybridized carbons (Fsp3) is 0.125. The third-order valence-corrected chi connectivity index (χ3v) is 4.60. The predicted octanol–water partition coefficient (Wildman–Crippen LogP) is 3.74. The van der Waals surface area contributed by atoms with E-state index >= 15 is 0 Å². The summed E-state index contributed by atoms with van der Waals surface area (Å²) in [5, 5.41) is 19.3. The number of thiophene rings is 1. The molecular weight excluding hydrogens is 395 g/mol. The standard InChI is InChI=1S/C16H10F3N7OS/c17-16(18,19)15-22-14(25-27-15)11-6-5-10(28-11)9-26(12-3-1-7-20-23-12)13-4-2-8-21-24-13/h1-8H,9H2. The van der Waals surface area contributed by atoms with Crippen LogP contribution in [0, 0.1) is 0 Å². The van der Waals surface area contributed by atoms with Crippen LogP contribution in [-0.2, 0) is 12.7 Å². The van der Waals surface area contributed by atoms with Gasteiger partial charge in [-0.25, -0.2) is 0 Å². The van der Waals surface area contributed by atoms with Gasteiger partial charge in [0, 0.05) is 17.3 Å². The molecule has 0 N–H and O–H groups in total. The summed E-state index contributed by atoms with van der Waals surface area (Å²) in [5.74, 6) is -0.388. The maximum absolute atomic E-state index is 12.6. The van der Waals surface area contributed by atoms with Crippen LogP contribution in [0.3, 0.4) is 0 Å². The number of hydrogen-bond donors (Lipinski definition) is 0. The van der Waals surface area contributed by atoms with Crippen molar-refractivity contribution in [3.8, 4) is 10.7 Å². The third kappa shape index (κ3) is 3.81. The highest BCUT2D eigenvalue weighted by atomic mass is 32.1.